The second kappa shape index (κ2) is 11.0. The van der Waals surface area contributed by atoms with Gasteiger partial charge in [0.1, 0.15) is 5.75 Å². The van der Waals surface area contributed by atoms with Gasteiger partial charge in [-0.1, -0.05) is 30.3 Å². The second-order valence-corrected chi connectivity index (χ2v) is 7.40. The van der Waals surface area contributed by atoms with Crippen molar-refractivity contribution in [3.8, 4) is 5.75 Å². The molecule has 3 rings (SSSR count). The number of carbonyl (C=O) groups is 2. The van der Waals surface area contributed by atoms with E-state index in [1.165, 1.54) is 11.3 Å². The Kier molecular flexibility index (Phi) is 7.79. The molecule has 7 nitrogen and oxygen atoms in total. The van der Waals surface area contributed by atoms with Crippen LogP contribution in [0.3, 0.4) is 0 Å². The maximum Gasteiger partial charge on any atom is 0.325 e. The average molecular weight is 425 g/mol. The SMILES string of the molecule is COc1ccc(CCNC(=O)CCc2csc(NC(=O)Nc3ccccc3)n2)cc1. The third-order valence-corrected chi connectivity index (χ3v) is 5.11. The number of hydrogen-bond donors (Lipinski definition) is 3. The van der Waals surface area contributed by atoms with Gasteiger partial charge in [-0.05, 0) is 42.7 Å². The lowest BCUT2D eigenvalue weighted by atomic mass is 10.1. The molecule has 0 aliphatic rings. The summed E-state index contributed by atoms with van der Waals surface area (Å²) in [5.41, 5.74) is 2.62. The van der Waals surface area contributed by atoms with Crippen molar-refractivity contribution >= 4 is 34.1 Å². The number of amides is 3. The highest BCUT2D eigenvalue weighted by Crippen LogP contribution is 2.17. The van der Waals surface area contributed by atoms with Gasteiger partial charge in [0.25, 0.3) is 0 Å². The molecule has 0 radical (unpaired) electrons. The van der Waals surface area contributed by atoms with Crippen LogP contribution in [0, 0.1) is 0 Å². The molecule has 0 spiro atoms. The van der Waals surface area contributed by atoms with Crippen molar-refractivity contribution in [2.45, 2.75) is 19.3 Å². The number of nitrogens with zero attached hydrogens (tertiary/aromatic N) is 1. The molecular formula is C22H24N4O3S. The minimum atomic E-state index is -0.349. The fraction of sp³-hybridized carbons (Fsp3) is 0.227. The molecule has 1 aromatic heterocycles. The fourth-order valence-corrected chi connectivity index (χ4v) is 3.47. The highest BCUT2D eigenvalue weighted by atomic mass is 32.1. The van der Waals surface area contributed by atoms with Crippen molar-refractivity contribution in [3.63, 3.8) is 0 Å². The molecule has 3 amide bonds. The van der Waals surface area contributed by atoms with E-state index in [9.17, 15) is 9.59 Å². The zero-order valence-electron chi connectivity index (χ0n) is 16.7. The highest BCUT2D eigenvalue weighted by molar-refractivity contribution is 7.13. The maximum absolute atomic E-state index is 12.1. The van der Waals surface area contributed by atoms with Gasteiger partial charge in [0.05, 0.1) is 12.8 Å². The van der Waals surface area contributed by atoms with E-state index < -0.39 is 0 Å². The largest absolute Gasteiger partial charge is 0.497 e. The van der Waals surface area contributed by atoms with Crippen LogP contribution in [0.4, 0.5) is 15.6 Å². The minimum Gasteiger partial charge on any atom is -0.497 e. The average Bonchev–Trinajstić information content (AvgIpc) is 3.20. The van der Waals surface area contributed by atoms with Gasteiger partial charge in [-0.3, -0.25) is 10.1 Å². The van der Waals surface area contributed by atoms with Crippen LogP contribution in [0.5, 0.6) is 5.75 Å². The van der Waals surface area contributed by atoms with Crippen molar-refractivity contribution in [1.82, 2.24) is 10.3 Å². The number of aromatic nitrogens is 1. The van der Waals surface area contributed by atoms with Crippen molar-refractivity contribution in [2.75, 3.05) is 24.3 Å². The summed E-state index contributed by atoms with van der Waals surface area (Å²) in [6, 6.07) is 16.6. The first-order valence-corrected chi connectivity index (χ1v) is 10.5. The van der Waals surface area contributed by atoms with Crippen LogP contribution < -0.4 is 20.7 Å². The number of methoxy groups -OCH3 is 1. The molecular weight excluding hydrogens is 400 g/mol. The predicted octanol–water partition coefficient (Wildman–Crippen LogP) is 4.09. The Morgan fingerprint density at radius 1 is 1.00 bits per heavy atom. The molecule has 8 heteroatoms. The lowest BCUT2D eigenvalue weighted by Gasteiger charge is -2.06. The summed E-state index contributed by atoms with van der Waals surface area (Å²) >= 11 is 1.33. The van der Waals surface area contributed by atoms with Crippen molar-refractivity contribution in [3.05, 3.63) is 71.2 Å². The van der Waals surface area contributed by atoms with Gasteiger partial charge in [-0.25, -0.2) is 9.78 Å². The van der Waals surface area contributed by atoms with Crippen LogP contribution in [0.15, 0.2) is 60.0 Å². The third kappa shape index (κ3) is 6.89. The standard InChI is InChI=1S/C22H24N4O3S/c1-29-19-10-7-16(8-11-19)13-14-23-20(27)12-9-18-15-30-22(25-18)26-21(28)24-17-5-3-2-4-6-17/h2-8,10-11,15H,9,12-14H2,1H3,(H,23,27)(H2,24,25,26,28). The van der Waals surface area contributed by atoms with Crippen molar-refractivity contribution in [1.29, 1.82) is 0 Å². The van der Waals surface area contributed by atoms with Gasteiger partial charge in [0.15, 0.2) is 5.13 Å². The second-order valence-electron chi connectivity index (χ2n) is 6.54. The third-order valence-electron chi connectivity index (χ3n) is 4.31. The maximum atomic E-state index is 12.1. The Hall–Kier alpha value is -3.39. The summed E-state index contributed by atoms with van der Waals surface area (Å²) < 4.78 is 5.13. The Morgan fingerprint density at radius 2 is 1.77 bits per heavy atom. The number of rotatable bonds is 9. The molecule has 0 unspecified atom stereocenters. The fourth-order valence-electron chi connectivity index (χ4n) is 2.73. The monoisotopic (exact) mass is 424 g/mol. The zero-order chi connectivity index (χ0) is 21.2. The van der Waals surface area contributed by atoms with E-state index in [4.69, 9.17) is 4.74 Å². The van der Waals surface area contributed by atoms with Crippen LogP contribution in [-0.2, 0) is 17.6 Å². The number of urea groups is 1. The van der Waals surface area contributed by atoms with Gasteiger partial charge in [-0.15, -0.1) is 11.3 Å². The first-order valence-electron chi connectivity index (χ1n) is 9.59. The number of ether oxygens (including phenoxy) is 1. The number of aryl methyl sites for hydroxylation is 1. The summed E-state index contributed by atoms with van der Waals surface area (Å²) in [6.45, 7) is 0.578. The number of benzene rings is 2. The van der Waals surface area contributed by atoms with E-state index >= 15 is 0 Å². The molecule has 1 heterocycles. The summed E-state index contributed by atoms with van der Waals surface area (Å²) in [5, 5.41) is 10.7. The van der Waals surface area contributed by atoms with Gasteiger partial charge in [0, 0.05) is 24.0 Å². The molecule has 0 saturated heterocycles. The Labute approximate surface area is 179 Å². The summed E-state index contributed by atoms with van der Waals surface area (Å²) in [7, 11) is 1.63. The molecule has 2 aromatic carbocycles. The van der Waals surface area contributed by atoms with E-state index in [1.807, 2.05) is 47.8 Å². The minimum absolute atomic E-state index is 0.0205. The lowest BCUT2D eigenvalue weighted by molar-refractivity contribution is -0.121. The number of anilines is 2. The summed E-state index contributed by atoms with van der Waals surface area (Å²) in [4.78, 5) is 28.4. The molecule has 30 heavy (non-hydrogen) atoms. The first kappa shape index (κ1) is 21.3. The van der Waals surface area contributed by atoms with Crippen molar-refractivity contribution < 1.29 is 14.3 Å². The zero-order valence-corrected chi connectivity index (χ0v) is 17.5. The molecule has 0 fully saturated rings. The number of para-hydroxylation sites is 1. The number of carbonyl (C=O) groups excluding carboxylic acids is 2. The van der Waals surface area contributed by atoms with Crippen LogP contribution in [0.25, 0.3) is 0 Å². The van der Waals surface area contributed by atoms with Gasteiger partial charge in [-0.2, -0.15) is 0 Å². The molecule has 0 atom stereocenters. The molecule has 0 aliphatic heterocycles. The molecule has 156 valence electrons. The number of thiazole rings is 1. The molecule has 3 aromatic rings. The van der Waals surface area contributed by atoms with Crippen LogP contribution in [0.1, 0.15) is 17.7 Å². The van der Waals surface area contributed by atoms with Gasteiger partial charge in [0.2, 0.25) is 5.91 Å². The lowest BCUT2D eigenvalue weighted by Crippen LogP contribution is -2.25. The normalized spacial score (nSPS) is 10.3. The van der Waals surface area contributed by atoms with Crippen LogP contribution in [0.2, 0.25) is 0 Å². The van der Waals surface area contributed by atoms with Crippen LogP contribution in [-0.4, -0.2) is 30.6 Å². The molecule has 3 N–H and O–H groups in total. The first-order chi connectivity index (χ1) is 14.6. The van der Waals surface area contributed by atoms with Gasteiger partial charge >= 0.3 is 6.03 Å². The predicted molar refractivity (Wildman–Crippen MR) is 119 cm³/mol. The highest BCUT2D eigenvalue weighted by Gasteiger charge is 2.09. The topological polar surface area (TPSA) is 92.4 Å². The van der Waals surface area contributed by atoms with Crippen LogP contribution >= 0.6 is 11.3 Å². The Morgan fingerprint density at radius 3 is 2.50 bits per heavy atom. The quantitative estimate of drug-likeness (QED) is 0.482. The summed E-state index contributed by atoms with van der Waals surface area (Å²) in [5.74, 6) is 0.797. The van der Waals surface area contributed by atoms with E-state index in [2.05, 4.69) is 20.9 Å². The molecule has 0 aliphatic carbocycles. The smallest absolute Gasteiger partial charge is 0.325 e. The number of nitrogens with one attached hydrogen (secondary N) is 3. The molecule has 0 bridgehead atoms. The number of hydrogen-bond acceptors (Lipinski definition) is 5. The Balaban J connectivity index is 1.35. The molecule has 0 saturated carbocycles. The van der Waals surface area contributed by atoms with E-state index in [1.54, 1.807) is 19.2 Å². The van der Waals surface area contributed by atoms with E-state index in [-0.39, 0.29) is 11.9 Å². The van der Waals surface area contributed by atoms with E-state index in [0.717, 1.165) is 23.4 Å². The van der Waals surface area contributed by atoms with Crippen molar-refractivity contribution in [2.24, 2.45) is 0 Å². The Bertz CT molecular complexity index is 958. The van der Waals surface area contributed by atoms with Gasteiger partial charge < -0.3 is 15.4 Å². The van der Waals surface area contributed by atoms with E-state index in [0.29, 0.717) is 30.2 Å². The summed E-state index contributed by atoms with van der Waals surface area (Å²) in [6.07, 6.45) is 1.63.